The maximum atomic E-state index is 13.6. The van der Waals surface area contributed by atoms with Gasteiger partial charge in [-0.15, -0.1) is 0 Å². The second kappa shape index (κ2) is 11.5. The lowest BCUT2D eigenvalue weighted by molar-refractivity contribution is -0.114. The Bertz CT molecular complexity index is 1580. The number of aromatic carboxylic acids is 1. The van der Waals surface area contributed by atoms with Crippen LogP contribution in [0.25, 0.3) is 6.08 Å². The van der Waals surface area contributed by atoms with Gasteiger partial charge in [-0.25, -0.2) is 4.79 Å². The quantitative estimate of drug-likeness (QED) is 0.180. The summed E-state index contributed by atoms with van der Waals surface area (Å²) in [6, 6.07) is 29.2. The van der Waals surface area contributed by atoms with Crippen molar-refractivity contribution in [2.24, 2.45) is 5.10 Å². The van der Waals surface area contributed by atoms with Crippen LogP contribution in [0, 0.1) is 3.57 Å². The fourth-order valence-electron chi connectivity index (χ4n) is 4.13. The number of carbonyl (C=O) groups excluding carboxylic acids is 1. The molecule has 0 saturated carbocycles. The molecule has 1 heterocycles. The molecule has 5 rings (SSSR count). The Morgan fingerprint density at radius 3 is 2.28 bits per heavy atom. The van der Waals surface area contributed by atoms with Crippen LogP contribution in [-0.4, -0.2) is 29.8 Å². The zero-order valence-corrected chi connectivity index (χ0v) is 23.0. The summed E-state index contributed by atoms with van der Waals surface area (Å²) in [4.78, 5) is 24.7. The average molecular weight is 630 g/mol. The first-order valence-corrected chi connectivity index (χ1v) is 13.1. The highest BCUT2D eigenvalue weighted by Crippen LogP contribution is 2.36. The van der Waals surface area contributed by atoms with Crippen LogP contribution in [0.3, 0.4) is 0 Å². The number of hydrazone groups is 1. The molecule has 0 unspecified atom stereocenters. The van der Waals surface area contributed by atoms with Crippen molar-refractivity contribution in [2.45, 2.75) is 6.61 Å². The zero-order valence-electron chi connectivity index (χ0n) is 20.9. The van der Waals surface area contributed by atoms with Gasteiger partial charge in [-0.3, -0.25) is 4.79 Å². The van der Waals surface area contributed by atoms with E-state index >= 15 is 0 Å². The number of rotatable bonds is 8. The van der Waals surface area contributed by atoms with Crippen LogP contribution in [0.5, 0.6) is 11.5 Å². The number of carboxylic acids is 1. The number of para-hydroxylation sites is 1. The first-order valence-electron chi connectivity index (χ1n) is 12.0. The van der Waals surface area contributed by atoms with E-state index in [1.165, 1.54) is 5.01 Å². The minimum atomic E-state index is -0.975. The molecule has 0 aromatic heterocycles. The molecule has 0 bridgehead atoms. The molecular weight excluding hydrogens is 607 g/mol. The van der Waals surface area contributed by atoms with Crippen molar-refractivity contribution in [3.63, 3.8) is 0 Å². The maximum absolute atomic E-state index is 13.6. The summed E-state index contributed by atoms with van der Waals surface area (Å²) >= 11 is 2.18. The molecule has 194 valence electrons. The highest BCUT2D eigenvalue weighted by Gasteiger charge is 2.32. The Labute approximate surface area is 239 Å². The van der Waals surface area contributed by atoms with Crippen LogP contribution in [-0.2, 0) is 11.4 Å². The van der Waals surface area contributed by atoms with Crippen molar-refractivity contribution >= 4 is 51.9 Å². The smallest absolute Gasteiger partial charge is 0.335 e. The van der Waals surface area contributed by atoms with Crippen LogP contribution in [0.15, 0.2) is 108 Å². The van der Waals surface area contributed by atoms with E-state index in [1.807, 2.05) is 78.9 Å². The second-order valence-corrected chi connectivity index (χ2v) is 9.81. The summed E-state index contributed by atoms with van der Waals surface area (Å²) in [5.41, 5.74) is 4.38. The molecule has 0 spiro atoms. The van der Waals surface area contributed by atoms with Crippen LogP contribution < -0.4 is 14.5 Å². The topological polar surface area (TPSA) is 88.4 Å². The number of methoxy groups -OCH3 is 1. The summed E-state index contributed by atoms with van der Waals surface area (Å²) in [5, 5.41) is 15.2. The molecule has 1 aliphatic heterocycles. The number of carbonyl (C=O) groups is 2. The Kier molecular flexibility index (Phi) is 7.74. The van der Waals surface area contributed by atoms with Crippen molar-refractivity contribution in [1.29, 1.82) is 0 Å². The maximum Gasteiger partial charge on any atom is 0.335 e. The third-order valence-electron chi connectivity index (χ3n) is 6.07. The summed E-state index contributed by atoms with van der Waals surface area (Å²) in [5.74, 6) is -0.127. The van der Waals surface area contributed by atoms with E-state index in [4.69, 9.17) is 14.6 Å². The number of carboxylic acid groups (broad SMARTS) is 1. The normalized spacial score (nSPS) is 13.9. The van der Waals surface area contributed by atoms with Crippen molar-refractivity contribution in [2.75, 3.05) is 12.1 Å². The van der Waals surface area contributed by atoms with Crippen molar-refractivity contribution < 1.29 is 24.2 Å². The molecule has 1 amide bonds. The van der Waals surface area contributed by atoms with Crippen LogP contribution >= 0.6 is 22.6 Å². The van der Waals surface area contributed by atoms with Gasteiger partial charge in [0.05, 0.1) is 27.5 Å². The molecule has 0 radical (unpaired) electrons. The summed E-state index contributed by atoms with van der Waals surface area (Å²) in [6.45, 7) is 0.238. The molecule has 0 saturated heterocycles. The Balaban J connectivity index is 1.46. The fourth-order valence-corrected chi connectivity index (χ4v) is 4.91. The lowest BCUT2D eigenvalue weighted by Gasteiger charge is -2.14. The predicted molar refractivity (Wildman–Crippen MR) is 158 cm³/mol. The minimum Gasteiger partial charge on any atom is -0.493 e. The van der Waals surface area contributed by atoms with E-state index in [1.54, 1.807) is 31.4 Å². The number of anilines is 1. The number of hydrogen-bond acceptors (Lipinski definition) is 5. The number of hydrogen-bond donors (Lipinski definition) is 1. The summed E-state index contributed by atoms with van der Waals surface area (Å²) in [6.07, 6.45) is 1.82. The van der Waals surface area contributed by atoms with E-state index in [0.29, 0.717) is 28.5 Å². The van der Waals surface area contributed by atoms with Gasteiger partial charge in [0.2, 0.25) is 0 Å². The fraction of sp³-hybridized carbons (Fsp3) is 0.0645. The molecule has 7 nitrogen and oxygen atoms in total. The zero-order chi connectivity index (χ0) is 27.4. The first-order chi connectivity index (χ1) is 18.9. The van der Waals surface area contributed by atoms with Crippen LogP contribution in [0.2, 0.25) is 0 Å². The molecule has 1 aliphatic rings. The lowest BCUT2D eigenvalue weighted by atomic mass is 10.00. The van der Waals surface area contributed by atoms with Crippen molar-refractivity contribution in [3.8, 4) is 11.5 Å². The van der Waals surface area contributed by atoms with Gasteiger partial charge in [0.1, 0.15) is 12.3 Å². The van der Waals surface area contributed by atoms with Gasteiger partial charge in [0.15, 0.2) is 11.5 Å². The molecule has 0 fully saturated rings. The molecule has 39 heavy (non-hydrogen) atoms. The van der Waals surface area contributed by atoms with Gasteiger partial charge in [-0.1, -0.05) is 60.7 Å². The molecule has 4 aromatic carbocycles. The molecule has 8 heteroatoms. The van der Waals surface area contributed by atoms with E-state index in [9.17, 15) is 9.59 Å². The van der Waals surface area contributed by atoms with Gasteiger partial charge in [0.25, 0.3) is 5.91 Å². The molecule has 4 aromatic rings. The standard InChI is InChI=1S/C31H23IN2O5/c1-38-27-18-21(17-26(32)29(27)39-19-20-12-14-23(15-13-20)31(36)37)16-25-28(22-8-4-2-5-9-22)33-34(30(25)35)24-10-6-3-7-11-24/h2-18H,19H2,1H3,(H,36,37)/b25-16-. The lowest BCUT2D eigenvalue weighted by Crippen LogP contribution is -2.21. The largest absolute Gasteiger partial charge is 0.493 e. The van der Waals surface area contributed by atoms with Gasteiger partial charge in [-0.05, 0) is 76.2 Å². The minimum absolute atomic E-state index is 0.217. The van der Waals surface area contributed by atoms with E-state index in [-0.39, 0.29) is 18.1 Å². The Morgan fingerprint density at radius 2 is 1.64 bits per heavy atom. The van der Waals surface area contributed by atoms with Gasteiger partial charge in [-0.2, -0.15) is 10.1 Å². The predicted octanol–water partition coefficient (Wildman–Crippen LogP) is 6.41. The second-order valence-electron chi connectivity index (χ2n) is 8.65. The van der Waals surface area contributed by atoms with Gasteiger partial charge >= 0.3 is 5.97 Å². The third-order valence-corrected chi connectivity index (χ3v) is 6.87. The molecule has 0 aliphatic carbocycles. The SMILES string of the molecule is COc1cc(/C=C2\C(=O)N(c3ccccc3)N=C2c2ccccc2)cc(I)c1OCc1ccc(C(=O)O)cc1. The van der Waals surface area contributed by atoms with Crippen molar-refractivity contribution in [1.82, 2.24) is 0 Å². The summed E-state index contributed by atoms with van der Waals surface area (Å²) in [7, 11) is 1.56. The monoisotopic (exact) mass is 630 g/mol. The van der Waals surface area contributed by atoms with Crippen LogP contribution in [0.4, 0.5) is 5.69 Å². The highest BCUT2D eigenvalue weighted by molar-refractivity contribution is 14.1. The van der Waals surface area contributed by atoms with E-state index in [0.717, 1.165) is 20.3 Å². The van der Waals surface area contributed by atoms with E-state index < -0.39 is 5.97 Å². The van der Waals surface area contributed by atoms with Gasteiger partial charge < -0.3 is 14.6 Å². The van der Waals surface area contributed by atoms with Crippen LogP contribution in [0.1, 0.15) is 27.0 Å². The Morgan fingerprint density at radius 1 is 0.974 bits per heavy atom. The molecule has 1 N–H and O–H groups in total. The summed E-state index contributed by atoms with van der Waals surface area (Å²) < 4.78 is 12.5. The number of halogens is 1. The highest BCUT2D eigenvalue weighted by atomic mass is 127. The number of benzene rings is 4. The first kappa shape index (κ1) is 26.2. The van der Waals surface area contributed by atoms with Gasteiger partial charge in [0, 0.05) is 5.56 Å². The van der Waals surface area contributed by atoms with E-state index in [2.05, 4.69) is 27.7 Å². The number of nitrogens with zero attached hydrogens (tertiary/aromatic N) is 2. The average Bonchev–Trinajstić information content (AvgIpc) is 3.28. The Hall–Kier alpha value is -4.44. The third kappa shape index (κ3) is 5.70. The number of ether oxygens (including phenoxy) is 2. The molecule has 0 atom stereocenters. The molecular formula is C31H23IN2O5. The number of amides is 1. The van der Waals surface area contributed by atoms with Crippen molar-refractivity contribution in [3.05, 3.63) is 128 Å².